The normalized spacial score (nSPS) is 21.5. The van der Waals surface area contributed by atoms with Gasteiger partial charge >= 0.3 is 0 Å². The number of thioether (sulfide) groups is 1. The van der Waals surface area contributed by atoms with Crippen molar-refractivity contribution in [2.45, 2.75) is 77.7 Å². The molecule has 2 nitrogen and oxygen atoms in total. The highest BCUT2D eigenvalue weighted by atomic mass is 32.2. The summed E-state index contributed by atoms with van der Waals surface area (Å²) in [5, 5.41) is 2.73. The summed E-state index contributed by atoms with van der Waals surface area (Å²) in [5.41, 5.74) is 10.2. The Morgan fingerprint density at radius 3 is 2.79 bits per heavy atom. The smallest absolute Gasteiger partial charge is 0.262 e. The van der Waals surface area contributed by atoms with Gasteiger partial charge in [0.2, 0.25) is 5.52 Å². The van der Waals surface area contributed by atoms with E-state index in [0.29, 0.717) is 5.92 Å². The predicted molar refractivity (Wildman–Crippen MR) is 166 cm³/mol. The van der Waals surface area contributed by atoms with E-state index in [9.17, 15) is 0 Å². The molecule has 0 amide bonds. The molecule has 4 heteroatoms. The van der Waals surface area contributed by atoms with Gasteiger partial charge in [-0.2, -0.15) is 4.57 Å². The molecular weight excluding hydrogens is 501 g/mol. The van der Waals surface area contributed by atoms with Crippen LogP contribution in [-0.4, -0.2) is 6.54 Å². The van der Waals surface area contributed by atoms with Crippen molar-refractivity contribution in [3.63, 3.8) is 0 Å². The fourth-order valence-corrected chi connectivity index (χ4v) is 8.98. The number of allylic oxidation sites excluding steroid dienone is 6. The van der Waals surface area contributed by atoms with Crippen LogP contribution < -0.4 is 9.47 Å². The molecule has 38 heavy (non-hydrogen) atoms. The van der Waals surface area contributed by atoms with Gasteiger partial charge in [-0.15, -0.1) is 0 Å². The number of nitrogens with zero attached hydrogens (tertiary/aromatic N) is 2. The second kappa shape index (κ2) is 10.9. The zero-order chi connectivity index (χ0) is 26.2. The van der Waals surface area contributed by atoms with Gasteiger partial charge in [0.1, 0.15) is 11.2 Å². The first-order valence-electron chi connectivity index (χ1n) is 14.4. The minimum atomic E-state index is 0.661. The molecule has 6 rings (SSSR count). The molecule has 3 aromatic rings. The van der Waals surface area contributed by atoms with Gasteiger partial charge < -0.3 is 4.90 Å². The highest BCUT2D eigenvalue weighted by molar-refractivity contribution is 8.03. The molecule has 0 fully saturated rings. The maximum absolute atomic E-state index is 2.50. The monoisotopic (exact) mass is 539 g/mol. The van der Waals surface area contributed by atoms with Gasteiger partial charge in [-0.3, -0.25) is 0 Å². The zero-order valence-corrected chi connectivity index (χ0v) is 24.9. The summed E-state index contributed by atoms with van der Waals surface area (Å²) in [4.78, 5) is 3.85. The molecule has 2 heterocycles. The highest BCUT2D eigenvalue weighted by Gasteiger charge is 2.25. The van der Waals surface area contributed by atoms with Gasteiger partial charge in [-0.25, -0.2) is 0 Å². The highest BCUT2D eigenvalue weighted by Crippen LogP contribution is 2.47. The Morgan fingerprint density at radius 2 is 1.95 bits per heavy atom. The Hall–Kier alpha value is -2.56. The molecule has 0 spiro atoms. The lowest BCUT2D eigenvalue weighted by Crippen LogP contribution is -2.33. The van der Waals surface area contributed by atoms with E-state index in [4.69, 9.17) is 0 Å². The Balaban J connectivity index is 1.27. The summed E-state index contributed by atoms with van der Waals surface area (Å²) < 4.78 is 4.01. The van der Waals surface area contributed by atoms with Gasteiger partial charge in [0, 0.05) is 23.6 Å². The van der Waals surface area contributed by atoms with E-state index in [1.165, 1.54) is 73.2 Å². The molecule has 0 saturated carbocycles. The van der Waals surface area contributed by atoms with Crippen molar-refractivity contribution >= 4 is 45.1 Å². The van der Waals surface area contributed by atoms with E-state index in [-0.39, 0.29) is 0 Å². The van der Waals surface area contributed by atoms with Gasteiger partial charge in [0.15, 0.2) is 0 Å². The lowest BCUT2D eigenvalue weighted by molar-refractivity contribution is -0.665. The van der Waals surface area contributed by atoms with E-state index < -0.39 is 0 Å². The van der Waals surface area contributed by atoms with Crippen molar-refractivity contribution in [2.24, 2.45) is 5.92 Å². The van der Waals surface area contributed by atoms with E-state index in [0.717, 1.165) is 25.9 Å². The lowest BCUT2D eigenvalue weighted by atomic mass is 9.87. The van der Waals surface area contributed by atoms with E-state index in [2.05, 4.69) is 97.9 Å². The molecule has 1 aliphatic heterocycles. The SMILES string of the molecule is CCN1C(=CC2=CC(=CC=Cc3sc4c5c(ccc4[n+]3CC)CCCC5)CC(C)C2)Sc2cc(C)ccc21. The lowest BCUT2D eigenvalue weighted by Gasteiger charge is -2.22. The summed E-state index contributed by atoms with van der Waals surface area (Å²) in [7, 11) is 0. The van der Waals surface area contributed by atoms with Gasteiger partial charge in [0.25, 0.3) is 5.01 Å². The van der Waals surface area contributed by atoms with Gasteiger partial charge in [-0.1, -0.05) is 60.4 Å². The molecule has 0 N–H and O–H groups in total. The Bertz CT molecular complexity index is 1500. The van der Waals surface area contributed by atoms with Crippen LogP contribution in [0.1, 0.15) is 68.2 Å². The molecule has 196 valence electrons. The molecule has 2 aliphatic carbocycles. The fraction of sp³-hybridized carbons (Fsp3) is 0.382. The number of benzene rings is 2. The summed E-state index contributed by atoms with van der Waals surface area (Å²) in [6, 6.07) is 11.6. The third kappa shape index (κ3) is 4.94. The van der Waals surface area contributed by atoms with Crippen molar-refractivity contribution in [1.82, 2.24) is 0 Å². The largest absolute Gasteiger partial charge is 0.335 e. The third-order valence-corrected chi connectivity index (χ3v) is 10.5. The molecule has 1 aromatic heterocycles. The number of hydrogen-bond acceptors (Lipinski definition) is 3. The Kier molecular flexibility index (Phi) is 7.37. The molecule has 1 atom stereocenters. The minimum Gasteiger partial charge on any atom is -0.335 e. The van der Waals surface area contributed by atoms with Crippen molar-refractivity contribution in [1.29, 1.82) is 0 Å². The standard InChI is InChI=1S/C34H39N2S2/c1-5-35-29-16-14-23(3)20-31(29)37-33(35)22-26-19-24(4)18-25(21-26)10-9-13-32-36(6-2)30-17-15-27-11-7-8-12-28(27)34(30)38-32/h9-10,13-17,20-22,24H,5-8,11-12,18-19H2,1-4H3/q+1. The summed E-state index contributed by atoms with van der Waals surface area (Å²) in [6.45, 7) is 11.1. The van der Waals surface area contributed by atoms with Crippen LogP contribution in [0.3, 0.4) is 0 Å². The molecule has 0 bridgehead atoms. The van der Waals surface area contributed by atoms with Crippen LogP contribution in [0.2, 0.25) is 0 Å². The topological polar surface area (TPSA) is 7.12 Å². The second-order valence-electron chi connectivity index (χ2n) is 11.1. The number of fused-ring (bicyclic) bond motifs is 4. The first-order valence-corrected chi connectivity index (χ1v) is 16.0. The molecule has 3 aliphatic rings. The predicted octanol–water partition coefficient (Wildman–Crippen LogP) is 9.17. The second-order valence-corrected chi connectivity index (χ2v) is 13.2. The van der Waals surface area contributed by atoms with Crippen molar-refractivity contribution in [3.8, 4) is 0 Å². The number of thiazole rings is 1. The van der Waals surface area contributed by atoms with Crippen LogP contribution in [-0.2, 0) is 19.4 Å². The zero-order valence-electron chi connectivity index (χ0n) is 23.2. The number of anilines is 1. The molecule has 2 aromatic carbocycles. The Labute approximate surface area is 236 Å². The number of rotatable bonds is 5. The number of hydrogen-bond donors (Lipinski definition) is 0. The van der Waals surface area contributed by atoms with Gasteiger partial charge in [-0.05, 0) is 111 Å². The minimum absolute atomic E-state index is 0.661. The average Bonchev–Trinajstić information content (AvgIpc) is 3.44. The van der Waals surface area contributed by atoms with Crippen molar-refractivity contribution in [2.75, 3.05) is 11.4 Å². The van der Waals surface area contributed by atoms with E-state index in [1.54, 1.807) is 11.1 Å². The van der Waals surface area contributed by atoms with Crippen LogP contribution in [0.15, 0.2) is 75.7 Å². The summed E-state index contributed by atoms with van der Waals surface area (Å²) in [6.07, 6.45) is 19.3. The van der Waals surface area contributed by atoms with Crippen LogP contribution >= 0.6 is 23.1 Å². The number of aryl methyl sites for hydroxylation is 4. The van der Waals surface area contributed by atoms with Crippen molar-refractivity contribution in [3.05, 3.63) is 92.5 Å². The first-order chi connectivity index (χ1) is 18.5. The van der Waals surface area contributed by atoms with Crippen LogP contribution in [0.25, 0.3) is 16.3 Å². The van der Waals surface area contributed by atoms with Crippen LogP contribution in [0.4, 0.5) is 5.69 Å². The van der Waals surface area contributed by atoms with Crippen LogP contribution in [0, 0.1) is 12.8 Å². The van der Waals surface area contributed by atoms with Crippen LogP contribution in [0.5, 0.6) is 0 Å². The molecular formula is C34H39N2S2+. The number of aromatic nitrogens is 1. The van der Waals surface area contributed by atoms with E-state index >= 15 is 0 Å². The molecule has 0 saturated heterocycles. The fourth-order valence-electron chi connectivity index (χ4n) is 6.35. The Morgan fingerprint density at radius 1 is 1.08 bits per heavy atom. The van der Waals surface area contributed by atoms with Crippen molar-refractivity contribution < 1.29 is 4.57 Å². The third-order valence-electron chi connectivity index (χ3n) is 8.14. The molecule has 1 unspecified atom stereocenters. The average molecular weight is 540 g/mol. The summed E-state index contributed by atoms with van der Waals surface area (Å²) >= 11 is 3.90. The van der Waals surface area contributed by atoms with E-state index in [1.807, 2.05) is 23.1 Å². The molecule has 0 radical (unpaired) electrons. The quantitative estimate of drug-likeness (QED) is 0.298. The maximum Gasteiger partial charge on any atom is 0.262 e. The summed E-state index contributed by atoms with van der Waals surface area (Å²) in [5.74, 6) is 0.661. The van der Waals surface area contributed by atoms with Gasteiger partial charge in [0.05, 0.1) is 10.7 Å². The maximum atomic E-state index is 2.50. The first kappa shape index (κ1) is 25.7.